The molecule has 0 aliphatic carbocycles. The maximum absolute atomic E-state index is 14.0. The van der Waals surface area contributed by atoms with E-state index in [0.29, 0.717) is 31.9 Å². The van der Waals surface area contributed by atoms with Crippen LogP contribution < -0.4 is 18.5 Å². The number of hydrogen-bond donors (Lipinski definition) is 0. The first-order valence-electron chi connectivity index (χ1n) is 12.9. The molecule has 0 aromatic heterocycles. The van der Waals surface area contributed by atoms with Crippen molar-refractivity contribution in [3.8, 4) is 17.2 Å². The Hall–Kier alpha value is -3.76. The highest BCUT2D eigenvalue weighted by Gasteiger charge is 2.32. The molecule has 39 heavy (non-hydrogen) atoms. The number of nitrogens with zero attached hydrogens (tertiary/aromatic N) is 3. The zero-order chi connectivity index (χ0) is 27.6. The Morgan fingerprint density at radius 2 is 1.67 bits per heavy atom. The number of carbonyl (C=O) groups excluding carboxylic acids is 1. The van der Waals surface area contributed by atoms with Gasteiger partial charge in [-0.1, -0.05) is 24.3 Å². The van der Waals surface area contributed by atoms with E-state index < -0.39 is 10.0 Å². The van der Waals surface area contributed by atoms with Gasteiger partial charge in [0.2, 0.25) is 12.7 Å². The number of rotatable bonds is 8. The number of aryl methyl sites for hydroxylation is 2. The van der Waals surface area contributed by atoms with Gasteiger partial charge in [-0.25, -0.2) is 8.42 Å². The summed E-state index contributed by atoms with van der Waals surface area (Å²) in [6, 6.07) is 18.1. The van der Waals surface area contributed by atoms with E-state index in [2.05, 4.69) is 4.90 Å². The minimum atomic E-state index is -4.10. The Balaban J connectivity index is 1.31. The maximum Gasteiger partial charge on any atom is 0.268 e. The highest BCUT2D eigenvalue weighted by atomic mass is 32.2. The molecule has 1 amide bonds. The normalized spacial score (nSPS) is 15.3. The van der Waals surface area contributed by atoms with Crippen LogP contribution >= 0.6 is 0 Å². The summed E-state index contributed by atoms with van der Waals surface area (Å²) in [6.45, 7) is 6.78. The smallest absolute Gasteiger partial charge is 0.268 e. The number of methoxy groups -OCH3 is 1. The summed E-state index contributed by atoms with van der Waals surface area (Å²) >= 11 is 0. The number of ether oxygens (including phenoxy) is 3. The largest absolute Gasteiger partial charge is 0.495 e. The SMILES string of the molecule is COc1ccc(C)cc1S(=O)(=O)N(CC(=O)N1CCN(Cc2ccc3c(c2)OCO3)CC1)c1cccc(C)c1. The van der Waals surface area contributed by atoms with Crippen molar-refractivity contribution in [3.05, 3.63) is 77.4 Å². The van der Waals surface area contributed by atoms with E-state index in [1.165, 1.54) is 11.4 Å². The first kappa shape index (κ1) is 26.8. The average molecular weight is 552 g/mol. The topological polar surface area (TPSA) is 88.6 Å². The van der Waals surface area contributed by atoms with Crippen LogP contribution in [0, 0.1) is 13.8 Å². The monoisotopic (exact) mass is 551 g/mol. The molecule has 0 atom stereocenters. The van der Waals surface area contributed by atoms with Crippen LogP contribution in [-0.4, -0.2) is 70.8 Å². The van der Waals surface area contributed by atoms with Gasteiger partial charge in [-0.15, -0.1) is 0 Å². The second-order valence-electron chi connectivity index (χ2n) is 9.85. The summed E-state index contributed by atoms with van der Waals surface area (Å²) in [5.74, 6) is 1.51. The molecule has 206 valence electrons. The van der Waals surface area contributed by atoms with Crippen molar-refractivity contribution in [1.29, 1.82) is 0 Å². The molecule has 5 rings (SSSR count). The first-order chi connectivity index (χ1) is 18.7. The molecule has 0 spiro atoms. The summed E-state index contributed by atoms with van der Waals surface area (Å²) in [7, 11) is -2.66. The van der Waals surface area contributed by atoms with Crippen LogP contribution in [0.25, 0.3) is 0 Å². The summed E-state index contributed by atoms with van der Waals surface area (Å²) in [6.07, 6.45) is 0. The zero-order valence-corrected chi connectivity index (χ0v) is 23.2. The average Bonchev–Trinajstić information content (AvgIpc) is 3.40. The number of amides is 1. The molecule has 0 saturated carbocycles. The highest BCUT2D eigenvalue weighted by Crippen LogP contribution is 2.33. The van der Waals surface area contributed by atoms with Crippen LogP contribution in [0.3, 0.4) is 0 Å². The van der Waals surface area contributed by atoms with E-state index in [-0.39, 0.29) is 29.9 Å². The number of anilines is 1. The highest BCUT2D eigenvalue weighted by molar-refractivity contribution is 7.93. The first-order valence-corrected chi connectivity index (χ1v) is 14.3. The second-order valence-corrected chi connectivity index (χ2v) is 11.7. The Morgan fingerprint density at radius 3 is 2.41 bits per heavy atom. The molecule has 3 aromatic rings. The number of benzene rings is 3. The van der Waals surface area contributed by atoms with Gasteiger partial charge in [0.25, 0.3) is 10.0 Å². The lowest BCUT2D eigenvalue weighted by Gasteiger charge is -2.36. The van der Waals surface area contributed by atoms with Crippen LogP contribution in [-0.2, 0) is 21.4 Å². The standard InChI is InChI=1S/C29H33N3O6S/c1-21-5-4-6-24(15-21)32(39(34,35)28-16-22(2)7-9-26(28)36-3)19-29(33)31-13-11-30(12-14-31)18-23-8-10-25-27(17-23)38-20-37-25/h4-10,15-17H,11-14,18-20H2,1-3H3. The molecule has 0 N–H and O–H groups in total. The Kier molecular flexibility index (Phi) is 7.67. The van der Waals surface area contributed by atoms with Crippen molar-refractivity contribution < 1.29 is 27.4 Å². The number of piperazine rings is 1. The third kappa shape index (κ3) is 5.81. The zero-order valence-electron chi connectivity index (χ0n) is 22.4. The molecule has 9 nitrogen and oxygen atoms in total. The molecule has 1 saturated heterocycles. The van der Waals surface area contributed by atoms with Gasteiger partial charge in [0.15, 0.2) is 11.5 Å². The number of hydrogen-bond acceptors (Lipinski definition) is 7. The fourth-order valence-corrected chi connectivity index (χ4v) is 6.53. The molecule has 0 bridgehead atoms. The maximum atomic E-state index is 14.0. The number of carbonyl (C=O) groups is 1. The molecular formula is C29H33N3O6S. The van der Waals surface area contributed by atoms with Gasteiger partial charge in [-0.05, 0) is 66.9 Å². The van der Waals surface area contributed by atoms with Crippen molar-refractivity contribution in [1.82, 2.24) is 9.80 Å². The molecule has 2 aliphatic heterocycles. The van der Waals surface area contributed by atoms with Gasteiger partial charge in [-0.2, -0.15) is 0 Å². The molecule has 2 heterocycles. The van der Waals surface area contributed by atoms with Crippen LogP contribution in [0.15, 0.2) is 65.6 Å². The molecule has 10 heteroatoms. The van der Waals surface area contributed by atoms with Crippen molar-refractivity contribution in [2.45, 2.75) is 25.3 Å². The van der Waals surface area contributed by atoms with Gasteiger partial charge in [0.05, 0.1) is 12.8 Å². The van der Waals surface area contributed by atoms with Crippen LogP contribution in [0.5, 0.6) is 17.2 Å². The minimum Gasteiger partial charge on any atom is -0.495 e. The summed E-state index contributed by atoms with van der Waals surface area (Å²) in [5.41, 5.74) is 3.23. The summed E-state index contributed by atoms with van der Waals surface area (Å²) < 4.78 is 45.4. The predicted molar refractivity (Wildman–Crippen MR) is 148 cm³/mol. The van der Waals surface area contributed by atoms with Gasteiger partial charge in [-0.3, -0.25) is 14.0 Å². The fraction of sp³-hybridized carbons (Fsp3) is 0.345. The molecule has 2 aliphatic rings. The molecule has 1 fully saturated rings. The van der Waals surface area contributed by atoms with Crippen LogP contribution in [0.1, 0.15) is 16.7 Å². The van der Waals surface area contributed by atoms with Gasteiger partial charge in [0.1, 0.15) is 17.2 Å². The second kappa shape index (κ2) is 11.2. The Labute approximate surface area is 229 Å². The number of fused-ring (bicyclic) bond motifs is 1. The van der Waals surface area contributed by atoms with E-state index in [1.807, 2.05) is 38.1 Å². The van der Waals surface area contributed by atoms with E-state index in [1.54, 1.807) is 41.3 Å². The van der Waals surface area contributed by atoms with Crippen molar-refractivity contribution in [3.63, 3.8) is 0 Å². The molecule has 0 unspecified atom stereocenters. The third-order valence-corrected chi connectivity index (χ3v) is 8.82. The quantitative estimate of drug-likeness (QED) is 0.423. The van der Waals surface area contributed by atoms with E-state index in [4.69, 9.17) is 14.2 Å². The van der Waals surface area contributed by atoms with E-state index >= 15 is 0 Å². The lowest BCUT2D eigenvalue weighted by molar-refractivity contribution is -0.131. The third-order valence-electron chi connectivity index (χ3n) is 7.02. The predicted octanol–water partition coefficient (Wildman–Crippen LogP) is 3.58. The molecule has 3 aromatic carbocycles. The van der Waals surface area contributed by atoms with Crippen molar-refractivity contribution in [2.75, 3.05) is 50.9 Å². The Bertz CT molecular complexity index is 1470. The summed E-state index contributed by atoms with van der Waals surface area (Å²) in [5, 5.41) is 0. The molecule has 0 radical (unpaired) electrons. The van der Waals surface area contributed by atoms with Gasteiger partial charge >= 0.3 is 0 Å². The van der Waals surface area contributed by atoms with Crippen molar-refractivity contribution in [2.24, 2.45) is 0 Å². The lowest BCUT2D eigenvalue weighted by Crippen LogP contribution is -2.51. The number of sulfonamides is 1. The minimum absolute atomic E-state index is 0.0350. The van der Waals surface area contributed by atoms with Crippen molar-refractivity contribution >= 4 is 21.6 Å². The summed E-state index contributed by atoms with van der Waals surface area (Å²) in [4.78, 5) is 17.5. The fourth-order valence-electron chi connectivity index (χ4n) is 4.88. The Morgan fingerprint density at radius 1 is 0.923 bits per heavy atom. The van der Waals surface area contributed by atoms with Crippen LogP contribution in [0.2, 0.25) is 0 Å². The van der Waals surface area contributed by atoms with Crippen LogP contribution in [0.4, 0.5) is 5.69 Å². The van der Waals surface area contributed by atoms with E-state index in [9.17, 15) is 13.2 Å². The lowest BCUT2D eigenvalue weighted by atomic mass is 10.1. The van der Waals surface area contributed by atoms with E-state index in [0.717, 1.165) is 34.7 Å². The van der Waals surface area contributed by atoms with Gasteiger partial charge in [0, 0.05) is 32.7 Å². The van der Waals surface area contributed by atoms with Gasteiger partial charge < -0.3 is 19.1 Å². The molecular weight excluding hydrogens is 518 g/mol.